The summed E-state index contributed by atoms with van der Waals surface area (Å²) in [5, 5.41) is 0.874. The van der Waals surface area contributed by atoms with Crippen molar-refractivity contribution in [2.24, 2.45) is 0 Å². The van der Waals surface area contributed by atoms with Gasteiger partial charge < -0.3 is 18.8 Å². The van der Waals surface area contributed by atoms with E-state index in [9.17, 15) is 9.59 Å². The normalized spacial score (nSPS) is 19.5. The average Bonchev–Trinajstić information content (AvgIpc) is 3.47. The van der Waals surface area contributed by atoms with Crippen LogP contribution in [0.2, 0.25) is 0 Å². The van der Waals surface area contributed by atoms with Crippen molar-refractivity contribution in [1.29, 1.82) is 0 Å². The number of aromatic nitrogens is 3. The average molecular weight is 472 g/mol. The van der Waals surface area contributed by atoms with Crippen molar-refractivity contribution in [1.82, 2.24) is 14.5 Å². The summed E-state index contributed by atoms with van der Waals surface area (Å²) in [6.07, 6.45) is 3.76. The lowest BCUT2D eigenvalue weighted by Crippen LogP contribution is -2.32. The molecule has 178 valence electrons. The standard InChI is InChI=1S/C27H25N3O5/c1-17-3-7-19(8-4-17)26(31)33-15-23-22(35-27(32)20-9-5-18(2)6-10-20)13-24(34-23)30-12-11-21-14-28-16-29-25(21)30/h3-12,14,16,22-24H,13,15H2,1-2H3. The van der Waals surface area contributed by atoms with Crippen LogP contribution >= 0.6 is 0 Å². The Morgan fingerprint density at radius 1 is 0.971 bits per heavy atom. The molecule has 8 nitrogen and oxygen atoms in total. The zero-order chi connectivity index (χ0) is 24.4. The molecule has 1 saturated heterocycles. The van der Waals surface area contributed by atoms with E-state index in [1.54, 1.807) is 30.5 Å². The molecule has 1 aliphatic heterocycles. The van der Waals surface area contributed by atoms with Crippen LogP contribution in [-0.2, 0) is 14.2 Å². The van der Waals surface area contributed by atoms with Crippen LogP contribution in [0, 0.1) is 13.8 Å². The minimum atomic E-state index is -0.636. The third kappa shape index (κ3) is 4.93. The molecule has 2 aromatic carbocycles. The number of hydrogen-bond donors (Lipinski definition) is 0. The molecule has 2 aromatic heterocycles. The molecule has 0 spiro atoms. The molecular formula is C27H25N3O5. The highest BCUT2D eigenvalue weighted by Gasteiger charge is 2.40. The highest BCUT2D eigenvalue weighted by atomic mass is 16.6. The van der Waals surface area contributed by atoms with E-state index in [1.165, 1.54) is 6.33 Å². The van der Waals surface area contributed by atoms with E-state index < -0.39 is 30.4 Å². The first-order valence-corrected chi connectivity index (χ1v) is 11.4. The number of rotatable bonds is 6. The Balaban J connectivity index is 1.34. The zero-order valence-electron chi connectivity index (χ0n) is 19.5. The number of hydrogen-bond acceptors (Lipinski definition) is 7. The second-order valence-corrected chi connectivity index (χ2v) is 8.66. The highest BCUT2D eigenvalue weighted by molar-refractivity contribution is 5.90. The van der Waals surface area contributed by atoms with Crippen LogP contribution < -0.4 is 0 Å². The van der Waals surface area contributed by atoms with Crippen molar-refractivity contribution in [3.8, 4) is 0 Å². The van der Waals surface area contributed by atoms with Crippen molar-refractivity contribution in [3.05, 3.63) is 95.6 Å². The predicted octanol–water partition coefficient (Wildman–Crippen LogP) is 4.42. The number of carbonyl (C=O) groups excluding carboxylic acids is 2. The van der Waals surface area contributed by atoms with Crippen LogP contribution in [-0.4, -0.2) is 45.3 Å². The Bertz CT molecular complexity index is 1350. The lowest BCUT2D eigenvalue weighted by atomic mass is 10.1. The van der Waals surface area contributed by atoms with E-state index in [0.29, 0.717) is 23.2 Å². The molecule has 0 aliphatic carbocycles. The smallest absolute Gasteiger partial charge is 0.338 e. The number of fused-ring (bicyclic) bond motifs is 1. The summed E-state index contributed by atoms with van der Waals surface area (Å²) in [6.45, 7) is 3.85. The van der Waals surface area contributed by atoms with Gasteiger partial charge in [-0.2, -0.15) is 0 Å². The lowest BCUT2D eigenvalue weighted by Gasteiger charge is -2.19. The third-order valence-corrected chi connectivity index (χ3v) is 6.08. The van der Waals surface area contributed by atoms with Gasteiger partial charge in [0, 0.05) is 24.2 Å². The molecule has 0 radical (unpaired) electrons. The van der Waals surface area contributed by atoms with Gasteiger partial charge in [0.1, 0.15) is 37.0 Å². The van der Waals surface area contributed by atoms with E-state index in [4.69, 9.17) is 14.2 Å². The Morgan fingerprint density at radius 2 is 1.63 bits per heavy atom. The first-order valence-electron chi connectivity index (χ1n) is 11.4. The van der Waals surface area contributed by atoms with Gasteiger partial charge in [-0.1, -0.05) is 35.4 Å². The fourth-order valence-electron chi connectivity index (χ4n) is 4.10. The van der Waals surface area contributed by atoms with Gasteiger partial charge >= 0.3 is 11.9 Å². The maximum Gasteiger partial charge on any atom is 0.338 e. The van der Waals surface area contributed by atoms with Crippen molar-refractivity contribution in [2.75, 3.05) is 6.61 Å². The first-order chi connectivity index (χ1) is 17.0. The van der Waals surface area contributed by atoms with Gasteiger partial charge in [0.15, 0.2) is 0 Å². The summed E-state index contributed by atoms with van der Waals surface area (Å²) in [4.78, 5) is 33.8. The van der Waals surface area contributed by atoms with E-state index in [-0.39, 0.29) is 6.61 Å². The van der Waals surface area contributed by atoms with E-state index in [2.05, 4.69) is 9.97 Å². The minimum absolute atomic E-state index is 0.0523. The molecule has 1 fully saturated rings. The summed E-state index contributed by atoms with van der Waals surface area (Å²) in [5.41, 5.74) is 3.72. The van der Waals surface area contributed by atoms with Crippen LogP contribution in [0.25, 0.3) is 11.0 Å². The van der Waals surface area contributed by atoms with Gasteiger partial charge in [-0.25, -0.2) is 19.6 Å². The van der Waals surface area contributed by atoms with Gasteiger partial charge in [0.25, 0.3) is 0 Å². The molecule has 1 aliphatic rings. The van der Waals surface area contributed by atoms with Crippen molar-refractivity contribution >= 4 is 23.0 Å². The van der Waals surface area contributed by atoms with Gasteiger partial charge in [0.05, 0.1) is 11.1 Å². The largest absolute Gasteiger partial charge is 0.459 e. The fraction of sp³-hybridized carbons (Fsp3) is 0.259. The molecule has 3 atom stereocenters. The summed E-state index contributed by atoms with van der Waals surface area (Å²) >= 11 is 0. The lowest BCUT2D eigenvalue weighted by molar-refractivity contribution is -0.0562. The second-order valence-electron chi connectivity index (χ2n) is 8.66. The molecule has 3 unspecified atom stereocenters. The van der Waals surface area contributed by atoms with E-state index >= 15 is 0 Å². The molecule has 0 N–H and O–H groups in total. The van der Waals surface area contributed by atoms with Crippen LogP contribution in [0.5, 0.6) is 0 Å². The number of nitrogens with zero attached hydrogens (tertiary/aromatic N) is 3. The molecule has 3 heterocycles. The molecule has 4 aromatic rings. The number of aryl methyl sites for hydroxylation is 2. The SMILES string of the molecule is Cc1ccc(C(=O)OCC2OC(n3ccc4cncnc43)CC2OC(=O)c2ccc(C)cc2)cc1. The quantitative estimate of drug-likeness (QED) is 0.384. The molecule has 35 heavy (non-hydrogen) atoms. The maximum atomic E-state index is 12.8. The minimum Gasteiger partial charge on any atom is -0.459 e. The topological polar surface area (TPSA) is 92.5 Å². The Labute approximate surface area is 202 Å². The van der Waals surface area contributed by atoms with Gasteiger partial charge in [-0.3, -0.25) is 0 Å². The molecule has 8 heteroatoms. The van der Waals surface area contributed by atoms with E-state index in [1.807, 2.05) is 54.9 Å². The highest BCUT2D eigenvalue weighted by Crippen LogP contribution is 2.34. The number of benzene rings is 2. The Kier molecular flexibility index (Phi) is 6.29. The monoisotopic (exact) mass is 471 g/mol. The molecular weight excluding hydrogens is 446 g/mol. The summed E-state index contributed by atoms with van der Waals surface area (Å²) in [6, 6.07) is 16.2. The van der Waals surface area contributed by atoms with E-state index in [0.717, 1.165) is 16.5 Å². The molecule has 0 bridgehead atoms. The van der Waals surface area contributed by atoms with Gasteiger partial charge in [-0.05, 0) is 44.2 Å². The van der Waals surface area contributed by atoms with Crippen LogP contribution in [0.4, 0.5) is 0 Å². The summed E-state index contributed by atoms with van der Waals surface area (Å²) in [5.74, 6) is -0.909. The number of ether oxygens (including phenoxy) is 3. The molecule has 5 rings (SSSR count). The van der Waals surface area contributed by atoms with Crippen molar-refractivity contribution < 1.29 is 23.8 Å². The Hall–Kier alpha value is -4.04. The van der Waals surface area contributed by atoms with Gasteiger partial charge in [-0.15, -0.1) is 0 Å². The summed E-state index contributed by atoms with van der Waals surface area (Å²) < 4.78 is 19.5. The van der Waals surface area contributed by atoms with Crippen molar-refractivity contribution in [2.45, 2.75) is 38.7 Å². The first kappa shape index (κ1) is 22.7. The second kappa shape index (κ2) is 9.68. The van der Waals surface area contributed by atoms with Crippen molar-refractivity contribution in [3.63, 3.8) is 0 Å². The molecule has 0 amide bonds. The summed E-state index contributed by atoms with van der Waals surface area (Å²) in [7, 11) is 0. The maximum absolute atomic E-state index is 12.8. The molecule has 0 saturated carbocycles. The number of esters is 2. The fourth-order valence-corrected chi connectivity index (χ4v) is 4.10. The third-order valence-electron chi connectivity index (χ3n) is 6.08. The zero-order valence-corrected chi connectivity index (χ0v) is 19.5. The predicted molar refractivity (Wildman–Crippen MR) is 128 cm³/mol. The number of carbonyl (C=O) groups is 2. The van der Waals surface area contributed by atoms with Gasteiger partial charge in [0.2, 0.25) is 0 Å². The van der Waals surface area contributed by atoms with Crippen LogP contribution in [0.3, 0.4) is 0 Å². The van der Waals surface area contributed by atoms with Crippen LogP contribution in [0.1, 0.15) is 44.5 Å². The van der Waals surface area contributed by atoms with Crippen LogP contribution in [0.15, 0.2) is 73.3 Å². The Morgan fingerprint density at radius 3 is 2.31 bits per heavy atom.